The molecule has 2 aromatic carbocycles. The van der Waals surface area contributed by atoms with Crippen molar-refractivity contribution in [2.45, 2.75) is 6.10 Å². The van der Waals surface area contributed by atoms with Crippen LogP contribution in [0.3, 0.4) is 0 Å². The number of aliphatic hydroxyl groups excluding tert-OH is 1. The van der Waals surface area contributed by atoms with E-state index in [1.54, 1.807) is 16.7 Å². The standard InChI is InChI=1S/C15H13N3O3/c1-17-13-8-3-2-7-12(13)16-15(17)14(19)10-5-4-6-11(9-10)18(20)21/h2-9,14,19H,1H3. The number of hydrogen-bond donors (Lipinski definition) is 1. The molecule has 3 aromatic rings. The number of nitrogens with zero attached hydrogens (tertiary/aromatic N) is 3. The molecule has 0 saturated carbocycles. The van der Waals surface area contributed by atoms with Crippen LogP contribution in [0.15, 0.2) is 48.5 Å². The summed E-state index contributed by atoms with van der Waals surface area (Å²) in [5, 5.41) is 21.3. The fourth-order valence-corrected chi connectivity index (χ4v) is 2.37. The first-order valence-corrected chi connectivity index (χ1v) is 6.41. The molecule has 0 saturated heterocycles. The highest BCUT2D eigenvalue weighted by molar-refractivity contribution is 5.76. The molecular formula is C15H13N3O3. The number of imidazole rings is 1. The second kappa shape index (κ2) is 4.99. The van der Waals surface area contributed by atoms with Crippen molar-refractivity contribution >= 4 is 16.7 Å². The maximum Gasteiger partial charge on any atom is 0.269 e. The summed E-state index contributed by atoms with van der Waals surface area (Å²) < 4.78 is 1.79. The second-order valence-corrected chi connectivity index (χ2v) is 4.77. The van der Waals surface area contributed by atoms with Gasteiger partial charge in [-0.05, 0) is 17.7 Å². The van der Waals surface area contributed by atoms with E-state index in [4.69, 9.17) is 0 Å². The molecule has 1 N–H and O–H groups in total. The van der Waals surface area contributed by atoms with Gasteiger partial charge in [-0.1, -0.05) is 24.3 Å². The Labute approximate surface area is 120 Å². The van der Waals surface area contributed by atoms with Gasteiger partial charge in [0.15, 0.2) is 0 Å². The van der Waals surface area contributed by atoms with Gasteiger partial charge in [0.2, 0.25) is 0 Å². The van der Waals surface area contributed by atoms with Crippen molar-refractivity contribution in [3.8, 4) is 0 Å². The van der Waals surface area contributed by atoms with E-state index in [1.807, 2.05) is 31.3 Å². The van der Waals surface area contributed by atoms with E-state index in [0.717, 1.165) is 11.0 Å². The van der Waals surface area contributed by atoms with Crippen molar-refractivity contribution in [2.75, 3.05) is 0 Å². The summed E-state index contributed by atoms with van der Waals surface area (Å²) in [5.41, 5.74) is 2.07. The quantitative estimate of drug-likeness (QED) is 0.591. The van der Waals surface area contributed by atoms with Crippen LogP contribution >= 0.6 is 0 Å². The van der Waals surface area contributed by atoms with Crippen molar-refractivity contribution in [1.29, 1.82) is 0 Å². The van der Waals surface area contributed by atoms with E-state index in [9.17, 15) is 15.2 Å². The van der Waals surface area contributed by atoms with Gasteiger partial charge in [-0.15, -0.1) is 0 Å². The Morgan fingerprint density at radius 1 is 1.24 bits per heavy atom. The number of aromatic nitrogens is 2. The number of para-hydroxylation sites is 2. The average Bonchev–Trinajstić information content (AvgIpc) is 2.84. The highest BCUT2D eigenvalue weighted by Gasteiger charge is 2.19. The van der Waals surface area contributed by atoms with Crippen molar-refractivity contribution in [2.24, 2.45) is 7.05 Å². The zero-order chi connectivity index (χ0) is 15.0. The minimum atomic E-state index is -1.01. The van der Waals surface area contributed by atoms with Gasteiger partial charge in [-0.2, -0.15) is 0 Å². The highest BCUT2D eigenvalue weighted by Crippen LogP contribution is 2.26. The maximum atomic E-state index is 10.8. The molecule has 0 radical (unpaired) electrons. The molecule has 1 heterocycles. The summed E-state index contributed by atoms with van der Waals surface area (Å²) >= 11 is 0. The molecule has 21 heavy (non-hydrogen) atoms. The number of benzene rings is 2. The van der Waals surface area contributed by atoms with Crippen molar-refractivity contribution in [1.82, 2.24) is 9.55 Å². The van der Waals surface area contributed by atoms with E-state index >= 15 is 0 Å². The van der Waals surface area contributed by atoms with Gasteiger partial charge in [0.05, 0.1) is 16.0 Å². The van der Waals surface area contributed by atoms with Crippen LogP contribution in [0.4, 0.5) is 5.69 Å². The van der Waals surface area contributed by atoms with Gasteiger partial charge < -0.3 is 9.67 Å². The van der Waals surface area contributed by atoms with Crippen molar-refractivity contribution in [3.63, 3.8) is 0 Å². The first kappa shape index (κ1) is 13.3. The monoisotopic (exact) mass is 283 g/mol. The molecule has 6 heteroatoms. The van der Waals surface area contributed by atoms with Gasteiger partial charge >= 0.3 is 0 Å². The highest BCUT2D eigenvalue weighted by atomic mass is 16.6. The molecule has 1 aromatic heterocycles. The Kier molecular flexibility index (Phi) is 3.15. The Morgan fingerprint density at radius 2 is 2.00 bits per heavy atom. The summed E-state index contributed by atoms with van der Waals surface area (Å²) in [4.78, 5) is 14.7. The molecule has 0 amide bonds. The molecule has 1 atom stereocenters. The molecule has 3 rings (SSSR count). The van der Waals surface area contributed by atoms with Crippen molar-refractivity contribution in [3.05, 3.63) is 70.0 Å². The lowest BCUT2D eigenvalue weighted by molar-refractivity contribution is -0.385. The van der Waals surface area contributed by atoms with Gasteiger partial charge in [0.1, 0.15) is 11.9 Å². The molecule has 0 bridgehead atoms. The minimum absolute atomic E-state index is 0.0506. The third-order valence-electron chi connectivity index (χ3n) is 3.46. The summed E-state index contributed by atoms with van der Waals surface area (Å²) in [6.45, 7) is 0. The van der Waals surface area contributed by atoms with E-state index in [2.05, 4.69) is 4.98 Å². The van der Waals surface area contributed by atoms with Crippen LogP contribution in [0.25, 0.3) is 11.0 Å². The molecule has 0 aliphatic rings. The normalized spacial score (nSPS) is 12.5. The van der Waals surface area contributed by atoms with Crippen LogP contribution in [0, 0.1) is 10.1 Å². The SMILES string of the molecule is Cn1c(C(O)c2cccc([N+](=O)[O-])c2)nc2ccccc21. The fourth-order valence-electron chi connectivity index (χ4n) is 2.37. The van der Waals surface area contributed by atoms with Crippen molar-refractivity contribution < 1.29 is 10.0 Å². The Morgan fingerprint density at radius 3 is 2.71 bits per heavy atom. The zero-order valence-corrected chi connectivity index (χ0v) is 11.3. The summed E-state index contributed by atoms with van der Waals surface area (Å²) in [6.07, 6.45) is -1.01. The number of non-ortho nitro benzene ring substituents is 1. The number of nitro benzene ring substituents is 1. The number of aryl methyl sites for hydroxylation is 1. The van der Waals surface area contributed by atoms with E-state index in [1.165, 1.54) is 12.1 Å². The van der Waals surface area contributed by atoms with E-state index in [0.29, 0.717) is 11.4 Å². The van der Waals surface area contributed by atoms with Gasteiger partial charge in [0.25, 0.3) is 5.69 Å². The number of aliphatic hydroxyl groups is 1. The molecule has 1 unspecified atom stereocenters. The van der Waals surface area contributed by atoms with Gasteiger partial charge in [0, 0.05) is 19.2 Å². The average molecular weight is 283 g/mol. The second-order valence-electron chi connectivity index (χ2n) is 4.77. The first-order chi connectivity index (χ1) is 10.1. The molecule has 0 aliphatic carbocycles. The Balaban J connectivity index is 2.08. The predicted octanol–water partition coefficient (Wildman–Crippen LogP) is 2.56. The molecule has 0 fully saturated rings. The largest absolute Gasteiger partial charge is 0.380 e. The van der Waals surface area contributed by atoms with Crippen LogP contribution < -0.4 is 0 Å². The number of hydrogen-bond acceptors (Lipinski definition) is 4. The summed E-state index contributed by atoms with van der Waals surface area (Å²) in [6, 6.07) is 13.5. The molecule has 0 spiro atoms. The lowest BCUT2D eigenvalue weighted by Gasteiger charge is -2.10. The molecule has 6 nitrogen and oxygen atoms in total. The van der Waals surface area contributed by atoms with E-state index in [-0.39, 0.29) is 5.69 Å². The number of nitro groups is 1. The summed E-state index contributed by atoms with van der Waals surface area (Å²) in [5.74, 6) is 0.455. The van der Waals surface area contributed by atoms with Crippen LogP contribution in [0.5, 0.6) is 0 Å². The van der Waals surface area contributed by atoms with Crippen LogP contribution in [0.2, 0.25) is 0 Å². The number of fused-ring (bicyclic) bond motifs is 1. The molecule has 0 aliphatic heterocycles. The predicted molar refractivity (Wildman–Crippen MR) is 77.9 cm³/mol. The fraction of sp³-hybridized carbons (Fsp3) is 0.133. The van der Waals surface area contributed by atoms with Crippen LogP contribution in [-0.2, 0) is 7.05 Å². The Bertz CT molecular complexity index is 826. The first-order valence-electron chi connectivity index (χ1n) is 6.41. The third-order valence-corrected chi connectivity index (χ3v) is 3.46. The molecular weight excluding hydrogens is 270 g/mol. The molecule has 106 valence electrons. The van der Waals surface area contributed by atoms with Crippen LogP contribution in [-0.4, -0.2) is 19.6 Å². The van der Waals surface area contributed by atoms with Gasteiger partial charge in [-0.25, -0.2) is 4.98 Å². The minimum Gasteiger partial charge on any atom is -0.380 e. The summed E-state index contributed by atoms with van der Waals surface area (Å²) in [7, 11) is 1.81. The van der Waals surface area contributed by atoms with E-state index < -0.39 is 11.0 Å². The number of rotatable bonds is 3. The lowest BCUT2D eigenvalue weighted by atomic mass is 10.1. The smallest absolute Gasteiger partial charge is 0.269 e. The van der Waals surface area contributed by atoms with Crippen LogP contribution in [0.1, 0.15) is 17.5 Å². The topological polar surface area (TPSA) is 81.2 Å². The third kappa shape index (κ3) is 2.25. The Hall–Kier alpha value is -2.73. The zero-order valence-electron chi connectivity index (χ0n) is 11.3. The lowest BCUT2D eigenvalue weighted by Crippen LogP contribution is -2.07. The maximum absolute atomic E-state index is 10.8. The van der Waals surface area contributed by atoms with Gasteiger partial charge in [-0.3, -0.25) is 10.1 Å².